The van der Waals surface area contributed by atoms with Gasteiger partial charge in [0, 0.05) is 30.1 Å². The summed E-state index contributed by atoms with van der Waals surface area (Å²) in [5.41, 5.74) is 2.50. The van der Waals surface area contributed by atoms with Crippen molar-refractivity contribution in [2.45, 2.75) is 24.8 Å². The number of ether oxygens (including phenoxy) is 2. The number of nitrogens with one attached hydrogen (secondary N) is 1. The molecular weight excluding hydrogens is 330 g/mol. The predicted octanol–water partition coefficient (Wildman–Crippen LogP) is 3.12. The first-order valence-corrected chi connectivity index (χ1v) is 7.71. The summed E-state index contributed by atoms with van der Waals surface area (Å²) in [4.78, 5) is 0. The Balaban J connectivity index is 1.83. The molecule has 0 spiro atoms. The van der Waals surface area contributed by atoms with Crippen LogP contribution in [0.25, 0.3) is 0 Å². The molecule has 0 fully saturated rings. The Hall–Kier alpha value is -0.290. The molecule has 1 aliphatic rings. The molecule has 0 amide bonds. The van der Waals surface area contributed by atoms with E-state index in [-0.39, 0.29) is 5.38 Å². The average molecular weight is 349 g/mol. The molecule has 5 heteroatoms. The molecule has 1 aromatic rings. The van der Waals surface area contributed by atoms with Crippen LogP contribution in [0.15, 0.2) is 16.6 Å². The highest BCUT2D eigenvalue weighted by Gasteiger charge is 2.17. The highest BCUT2D eigenvalue weighted by molar-refractivity contribution is 9.10. The Bertz CT molecular complexity index is 428. The maximum Gasteiger partial charge on any atom is 0.127 e. The van der Waals surface area contributed by atoms with Crippen LogP contribution in [0.4, 0.5) is 0 Å². The van der Waals surface area contributed by atoms with E-state index in [2.05, 4.69) is 33.4 Å². The number of hydrogen-bond acceptors (Lipinski definition) is 3. The van der Waals surface area contributed by atoms with Crippen LogP contribution in [0.3, 0.4) is 0 Å². The van der Waals surface area contributed by atoms with Crippen LogP contribution in [0, 0.1) is 0 Å². The van der Waals surface area contributed by atoms with Gasteiger partial charge in [-0.25, -0.2) is 0 Å². The van der Waals surface area contributed by atoms with Gasteiger partial charge in [-0.2, -0.15) is 0 Å². The molecule has 1 unspecified atom stereocenters. The number of hydrogen-bond donors (Lipinski definition) is 1. The summed E-state index contributed by atoms with van der Waals surface area (Å²) in [5, 5.41) is 3.48. The minimum atomic E-state index is 0.0713. The zero-order valence-electron chi connectivity index (χ0n) is 11.0. The molecule has 0 saturated heterocycles. The van der Waals surface area contributed by atoms with Gasteiger partial charge in [0.25, 0.3) is 0 Å². The van der Waals surface area contributed by atoms with Gasteiger partial charge in [0.05, 0.1) is 18.6 Å². The lowest BCUT2D eigenvalue weighted by Crippen LogP contribution is -2.20. The standard InChI is InChI=1S/C14H19BrClNO2/c1-18-9-13(16)2-4-17-8-11-7-12(15)6-10-3-5-19-14(10)11/h6-7,13,17H,2-5,8-9H2,1H3. The van der Waals surface area contributed by atoms with Crippen LogP contribution in [0.2, 0.25) is 0 Å². The number of rotatable bonds is 7. The summed E-state index contributed by atoms with van der Waals surface area (Å²) < 4.78 is 11.8. The average Bonchev–Trinajstić information content (AvgIpc) is 2.82. The Morgan fingerprint density at radius 1 is 1.53 bits per heavy atom. The van der Waals surface area contributed by atoms with Gasteiger partial charge in [-0.1, -0.05) is 15.9 Å². The topological polar surface area (TPSA) is 30.5 Å². The summed E-state index contributed by atoms with van der Waals surface area (Å²) in [5.74, 6) is 1.05. The van der Waals surface area contributed by atoms with E-state index in [4.69, 9.17) is 21.1 Å². The molecule has 3 nitrogen and oxygen atoms in total. The van der Waals surface area contributed by atoms with Gasteiger partial charge in [-0.3, -0.25) is 0 Å². The van der Waals surface area contributed by atoms with Gasteiger partial charge in [0.15, 0.2) is 0 Å². The van der Waals surface area contributed by atoms with Crippen LogP contribution in [0.5, 0.6) is 5.75 Å². The Labute approximate surface area is 127 Å². The zero-order valence-corrected chi connectivity index (χ0v) is 13.4. The summed E-state index contributed by atoms with van der Waals surface area (Å²) in [7, 11) is 1.67. The van der Waals surface area contributed by atoms with Crippen molar-refractivity contribution in [2.24, 2.45) is 0 Å². The molecule has 0 aliphatic carbocycles. The molecule has 1 aliphatic heterocycles. The van der Waals surface area contributed by atoms with Gasteiger partial charge in [0.1, 0.15) is 5.75 Å². The lowest BCUT2D eigenvalue weighted by Gasteiger charge is -2.12. The van der Waals surface area contributed by atoms with Gasteiger partial charge in [0.2, 0.25) is 0 Å². The quantitative estimate of drug-likeness (QED) is 0.607. The summed E-state index contributed by atoms with van der Waals surface area (Å²) in [6.45, 7) is 3.06. The van der Waals surface area contributed by atoms with Crippen LogP contribution in [-0.4, -0.2) is 32.2 Å². The first-order valence-electron chi connectivity index (χ1n) is 6.48. The minimum Gasteiger partial charge on any atom is -0.493 e. The van der Waals surface area contributed by atoms with E-state index in [0.29, 0.717) is 6.61 Å². The van der Waals surface area contributed by atoms with Crippen LogP contribution < -0.4 is 10.1 Å². The maximum atomic E-state index is 6.08. The highest BCUT2D eigenvalue weighted by atomic mass is 79.9. The molecular formula is C14H19BrClNO2. The van der Waals surface area contributed by atoms with Crippen LogP contribution in [-0.2, 0) is 17.7 Å². The maximum absolute atomic E-state index is 6.08. The van der Waals surface area contributed by atoms with Crippen molar-refractivity contribution in [3.8, 4) is 5.75 Å². The number of benzene rings is 1. The molecule has 106 valence electrons. The van der Waals surface area contributed by atoms with Crippen LogP contribution in [0.1, 0.15) is 17.5 Å². The monoisotopic (exact) mass is 347 g/mol. The van der Waals surface area contributed by atoms with E-state index < -0.39 is 0 Å². The molecule has 0 aromatic heterocycles. The highest BCUT2D eigenvalue weighted by Crippen LogP contribution is 2.32. The fourth-order valence-corrected chi connectivity index (χ4v) is 3.01. The number of alkyl halides is 1. The fraction of sp³-hybridized carbons (Fsp3) is 0.571. The lowest BCUT2D eigenvalue weighted by molar-refractivity contribution is 0.195. The summed E-state index contributed by atoms with van der Waals surface area (Å²) in [6, 6.07) is 4.25. The SMILES string of the molecule is COCC(Cl)CCNCc1cc(Br)cc2c1OCC2. The number of fused-ring (bicyclic) bond motifs is 1. The van der Waals surface area contributed by atoms with Gasteiger partial charge < -0.3 is 14.8 Å². The van der Waals surface area contributed by atoms with Gasteiger partial charge in [-0.15, -0.1) is 11.6 Å². The van der Waals surface area contributed by atoms with Crippen LogP contribution >= 0.6 is 27.5 Å². The van der Waals surface area contributed by atoms with Crippen molar-refractivity contribution in [1.82, 2.24) is 5.32 Å². The van der Waals surface area contributed by atoms with Crippen molar-refractivity contribution in [2.75, 3.05) is 26.9 Å². The fourth-order valence-electron chi connectivity index (χ4n) is 2.22. The second-order valence-corrected chi connectivity index (χ2v) is 6.20. The van der Waals surface area contributed by atoms with Crippen molar-refractivity contribution in [3.63, 3.8) is 0 Å². The van der Waals surface area contributed by atoms with E-state index in [1.807, 2.05) is 0 Å². The van der Waals surface area contributed by atoms with E-state index in [1.165, 1.54) is 11.1 Å². The molecule has 0 saturated carbocycles. The smallest absolute Gasteiger partial charge is 0.127 e. The molecule has 19 heavy (non-hydrogen) atoms. The van der Waals surface area contributed by atoms with Crippen molar-refractivity contribution in [3.05, 3.63) is 27.7 Å². The molecule has 1 atom stereocenters. The second-order valence-electron chi connectivity index (χ2n) is 4.67. The minimum absolute atomic E-state index is 0.0713. The van der Waals surface area contributed by atoms with E-state index >= 15 is 0 Å². The molecule has 0 radical (unpaired) electrons. The van der Waals surface area contributed by atoms with E-state index in [1.54, 1.807) is 7.11 Å². The Morgan fingerprint density at radius 2 is 2.37 bits per heavy atom. The zero-order chi connectivity index (χ0) is 13.7. The number of methoxy groups -OCH3 is 1. The third-order valence-electron chi connectivity index (χ3n) is 3.12. The van der Waals surface area contributed by atoms with E-state index in [0.717, 1.165) is 42.8 Å². The number of halogens is 2. The first kappa shape index (κ1) is 15.1. The van der Waals surface area contributed by atoms with Crippen molar-refractivity contribution in [1.29, 1.82) is 0 Å². The normalized spacial score (nSPS) is 15.1. The van der Waals surface area contributed by atoms with E-state index in [9.17, 15) is 0 Å². The molecule has 2 rings (SSSR count). The Morgan fingerprint density at radius 3 is 3.16 bits per heavy atom. The molecule has 0 bridgehead atoms. The largest absolute Gasteiger partial charge is 0.493 e. The summed E-state index contributed by atoms with van der Waals surface area (Å²) >= 11 is 9.63. The van der Waals surface area contributed by atoms with Gasteiger partial charge >= 0.3 is 0 Å². The molecule has 1 aromatic carbocycles. The third-order valence-corrected chi connectivity index (χ3v) is 3.92. The van der Waals surface area contributed by atoms with Gasteiger partial charge in [-0.05, 0) is 30.7 Å². The third kappa shape index (κ3) is 4.35. The summed E-state index contributed by atoms with van der Waals surface area (Å²) in [6.07, 6.45) is 1.89. The molecule has 1 N–H and O–H groups in total. The van der Waals surface area contributed by atoms with Crippen molar-refractivity contribution < 1.29 is 9.47 Å². The second kappa shape index (κ2) is 7.48. The predicted molar refractivity (Wildman–Crippen MR) is 81.2 cm³/mol. The molecule has 1 heterocycles. The Kier molecular flexibility index (Phi) is 5.95. The lowest BCUT2D eigenvalue weighted by atomic mass is 10.1. The van der Waals surface area contributed by atoms with Crippen molar-refractivity contribution >= 4 is 27.5 Å². The first-order chi connectivity index (χ1) is 9.20.